The van der Waals surface area contributed by atoms with Crippen LogP contribution < -0.4 is 11.1 Å². The van der Waals surface area contributed by atoms with Crippen LogP contribution in [0.15, 0.2) is 18.2 Å². The lowest BCUT2D eigenvalue weighted by Crippen LogP contribution is -2.39. The lowest BCUT2D eigenvalue weighted by Gasteiger charge is -2.16. The summed E-state index contributed by atoms with van der Waals surface area (Å²) in [6.45, 7) is 3.57. The zero-order chi connectivity index (χ0) is 14.6. The fraction of sp³-hybridized carbons (Fsp3) is 0.385. The number of esters is 1. The van der Waals surface area contributed by atoms with Crippen molar-refractivity contribution in [2.24, 2.45) is 11.7 Å². The van der Waals surface area contributed by atoms with E-state index in [9.17, 15) is 14.0 Å². The SMILES string of the molecule is COC(=O)c1ccc(F)c(NC(=O)C(N)C(C)C)c1. The highest BCUT2D eigenvalue weighted by Gasteiger charge is 2.19. The maximum absolute atomic E-state index is 13.6. The van der Waals surface area contributed by atoms with Gasteiger partial charge < -0.3 is 15.8 Å². The van der Waals surface area contributed by atoms with Crippen molar-refractivity contribution in [1.82, 2.24) is 0 Å². The van der Waals surface area contributed by atoms with Gasteiger partial charge in [-0.1, -0.05) is 13.8 Å². The number of methoxy groups -OCH3 is 1. The quantitative estimate of drug-likeness (QED) is 0.811. The number of anilines is 1. The number of carbonyl (C=O) groups excluding carboxylic acids is 2. The van der Waals surface area contributed by atoms with Gasteiger partial charge in [-0.25, -0.2) is 9.18 Å². The van der Waals surface area contributed by atoms with Crippen molar-refractivity contribution >= 4 is 17.6 Å². The van der Waals surface area contributed by atoms with Gasteiger partial charge in [0.2, 0.25) is 5.91 Å². The van der Waals surface area contributed by atoms with Crippen LogP contribution in [0.25, 0.3) is 0 Å². The van der Waals surface area contributed by atoms with Gasteiger partial charge in [-0.2, -0.15) is 0 Å². The first kappa shape index (κ1) is 15.1. The standard InChI is InChI=1S/C13H17FN2O3/c1-7(2)11(15)12(17)16-10-6-8(13(18)19-3)4-5-9(10)14/h4-7,11H,15H2,1-3H3,(H,16,17). The Labute approximate surface area is 110 Å². The number of hydrogen-bond acceptors (Lipinski definition) is 4. The van der Waals surface area contributed by atoms with Crippen LogP contribution in [-0.4, -0.2) is 25.0 Å². The van der Waals surface area contributed by atoms with Gasteiger partial charge in [-0.3, -0.25) is 4.79 Å². The molecule has 1 aromatic rings. The molecule has 0 heterocycles. The van der Waals surface area contributed by atoms with E-state index in [1.165, 1.54) is 19.2 Å². The second kappa shape index (κ2) is 6.29. The summed E-state index contributed by atoms with van der Waals surface area (Å²) in [4.78, 5) is 23.1. The van der Waals surface area contributed by atoms with Crippen molar-refractivity contribution in [3.05, 3.63) is 29.6 Å². The average Bonchev–Trinajstić information content (AvgIpc) is 2.39. The first-order valence-electron chi connectivity index (χ1n) is 5.81. The molecule has 0 aliphatic rings. The highest BCUT2D eigenvalue weighted by Crippen LogP contribution is 2.17. The van der Waals surface area contributed by atoms with Gasteiger partial charge in [0.05, 0.1) is 24.4 Å². The smallest absolute Gasteiger partial charge is 0.337 e. The number of carbonyl (C=O) groups is 2. The van der Waals surface area contributed by atoms with Crippen LogP contribution in [0.2, 0.25) is 0 Å². The first-order valence-corrected chi connectivity index (χ1v) is 5.81. The Morgan fingerprint density at radius 2 is 2.00 bits per heavy atom. The predicted molar refractivity (Wildman–Crippen MR) is 69.2 cm³/mol. The minimum Gasteiger partial charge on any atom is -0.465 e. The Hall–Kier alpha value is -1.95. The summed E-state index contributed by atoms with van der Waals surface area (Å²) in [7, 11) is 1.22. The molecule has 0 saturated carbocycles. The van der Waals surface area contributed by atoms with Gasteiger partial charge in [0, 0.05) is 0 Å². The molecular formula is C13H17FN2O3. The molecule has 19 heavy (non-hydrogen) atoms. The molecule has 0 aliphatic carbocycles. The van der Waals surface area contributed by atoms with Crippen LogP contribution in [0.1, 0.15) is 24.2 Å². The number of ether oxygens (including phenoxy) is 1. The third-order valence-corrected chi connectivity index (χ3v) is 2.67. The maximum atomic E-state index is 13.6. The van der Waals surface area contributed by atoms with E-state index in [4.69, 9.17) is 5.73 Å². The van der Waals surface area contributed by atoms with Gasteiger partial charge in [-0.15, -0.1) is 0 Å². The molecular weight excluding hydrogens is 251 g/mol. The Bertz CT molecular complexity index is 489. The summed E-state index contributed by atoms with van der Waals surface area (Å²) in [6, 6.07) is 2.83. The van der Waals surface area contributed by atoms with E-state index in [0.29, 0.717) is 0 Å². The summed E-state index contributed by atoms with van der Waals surface area (Å²) in [5.74, 6) is -1.83. The van der Waals surface area contributed by atoms with E-state index in [1.807, 2.05) is 0 Å². The molecule has 0 bridgehead atoms. The van der Waals surface area contributed by atoms with E-state index in [0.717, 1.165) is 6.07 Å². The molecule has 0 radical (unpaired) electrons. The van der Waals surface area contributed by atoms with Crippen LogP contribution in [0, 0.1) is 11.7 Å². The highest BCUT2D eigenvalue weighted by atomic mass is 19.1. The summed E-state index contributed by atoms with van der Waals surface area (Å²) in [5.41, 5.74) is 5.71. The minimum absolute atomic E-state index is 0.0770. The second-order valence-electron chi connectivity index (χ2n) is 4.45. The van der Waals surface area contributed by atoms with E-state index in [1.54, 1.807) is 13.8 Å². The lowest BCUT2D eigenvalue weighted by atomic mass is 10.0. The number of amides is 1. The molecule has 0 aliphatic heterocycles. The van der Waals surface area contributed by atoms with E-state index >= 15 is 0 Å². The van der Waals surface area contributed by atoms with Gasteiger partial charge >= 0.3 is 5.97 Å². The van der Waals surface area contributed by atoms with Gasteiger partial charge in [-0.05, 0) is 24.1 Å². The number of halogens is 1. The zero-order valence-electron chi connectivity index (χ0n) is 11.1. The van der Waals surface area contributed by atoms with Crippen molar-refractivity contribution in [2.75, 3.05) is 12.4 Å². The highest BCUT2D eigenvalue weighted by molar-refractivity contribution is 5.97. The van der Waals surface area contributed by atoms with Crippen LogP contribution in [0.5, 0.6) is 0 Å². The number of nitrogens with two attached hydrogens (primary N) is 1. The third-order valence-electron chi connectivity index (χ3n) is 2.67. The molecule has 104 valence electrons. The van der Waals surface area contributed by atoms with Crippen molar-refractivity contribution in [3.63, 3.8) is 0 Å². The molecule has 1 aromatic carbocycles. The molecule has 0 spiro atoms. The molecule has 6 heteroatoms. The molecule has 5 nitrogen and oxygen atoms in total. The molecule has 0 aromatic heterocycles. The van der Waals surface area contributed by atoms with Crippen molar-refractivity contribution in [3.8, 4) is 0 Å². The van der Waals surface area contributed by atoms with Crippen LogP contribution in [-0.2, 0) is 9.53 Å². The zero-order valence-corrected chi connectivity index (χ0v) is 11.1. The van der Waals surface area contributed by atoms with Crippen LogP contribution >= 0.6 is 0 Å². The van der Waals surface area contributed by atoms with Gasteiger partial charge in [0.1, 0.15) is 5.82 Å². The minimum atomic E-state index is -0.749. The second-order valence-corrected chi connectivity index (χ2v) is 4.45. The van der Waals surface area contributed by atoms with Crippen molar-refractivity contribution in [2.45, 2.75) is 19.9 Å². The largest absolute Gasteiger partial charge is 0.465 e. The lowest BCUT2D eigenvalue weighted by molar-refractivity contribution is -0.118. The molecule has 1 amide bonds. The summed E-state index contributed by atoms with van der Waals surface area (Å²) in [6.07, 6.45) is 0. The first-order chi connectivity index (χ1) is 8.86. The summed E-state index contributed by atoms with van der Waals surface area (Å²) < 4.78 is 18.1. The Morgan fingerprint density at radius 3 is 2.53 bits per heavy atom. The fourth-order valence-corrected chi connectivity index (χ4v) is 1.38. The molecule has 1 unspecified atom stereocenters. The predicted octanol–water partition coefficient (Wildman–Crippen LogP) is 1.53. The molecule has 1 atom stereocenters. The van der Waals surface area contributed by atoms with Gasteiger partial charge in [0.25, 0.3) is 0 Å². The molecule has 0 fully saturated rings. The number of rotatable bonds is 4. The monoisotopic (exact) mass is 268 g/mol. The third kappa shape index (κ3) is 3.75. The number of nitrogens with one attached hydrogen (secondary N) is 1. The topological polar surface area (TPSA) is 81.4 Å². The van der Waals surface area contributed by atoms with Gasteiger partial charge in [0.15, 0.2) is 0 Å². The fourth-order valence-electron chi connectivity index (χ4n) is 1.38. The Balaban J connectivity index is 2.94. The van der Waals surface area contributed by atoms with Crippen LogP contribution in [0.4, 0.5) is 10.1 Å². The van der Waals surface area contributed by atoms with Crippen molar-refractivity contribution in [1.29, 1.82) is 0 Å². The van der Waals surface area contributed by atoms with Crippen molar-refractivity contribution < 1.29 is 18.7 Å². The Morgan fingerprint density at radius 1 is 1.37 bits per heavy atom. The number of hydrogen-bond donors (Lipinski definition) is 2. The van der Waals surface area contributed by atoms with E-state index < -0.39 is 23.7 Å². The number of benzene rings is 1. The summed E-state index contributed by atoms with van der Waals surface area (Å²) in [5, 5.41) is 2.36. The van der Waals surface area contributed by atoms with E-state index in [-0.39, 0.29) is 17.2 Å². The Kier molecular flexibility index (Phi) is 5.00. The van der Waals surface area contributed by atoms with E-state index in [2.05, 4.69) is 10.1 Å². The maximum Gasteiger partial charge on any atom is 0.337 e. The molecule has 1 rings (SSSR count). The van der Waals surface area contributed by atoms with Crippen LogP contribution in [0.3, 0.4) is 0 Å². The molecule has 3 N–H and O–H groups in total. The normalized spacial score (nSPS) is 12.1. The average molecular weight is 268 g/mol. The molecule has 0 saturated heterocycles. The summed E-state index contributed by atoms with van der Waals surface area (Å²) >= 11 is 0.